The molecule has 0 saturated heterocycles. The van der Waals surface area contributed by atoms with Crippen molar-refractivity contribution in [2.24, 2.45) is 23.7 Å². The Morgan fingerprint density at radius 2 is 0.969 bits per heavy atom. The van der Waals surface area contributed by atoms with Crippen LogP contribution in [0.3, 0.4) is 0 Å². The molecule has 0 fully saturated rings. The van der Waals surface area contributed by atoms with Crippen LogP contribution in [-0.2, 0) is 0 Å². The molecule has 0 aromatic carbocycles. The molecule has 2 nitrogen and oxygen atoms in total. The first-order valence-electron chi connectivity index (χ1n) is 14.3. The minimum atomic E-state index is 0.498. The first kappa shape index (κ1) is 31.7. The van der Waals surface area contributed by atoms with Crippen LogP contribution in [0.4, 0.5) is 0 Å². The lowest BCUT2D eigenvalue weighted by molar-refractivity contribution is 0.347. The molecule has 0 aromatic rings. The highest BCUT2D eigenvalue weighted by Crippen LogP contribution is 2.23. The van der Waals surface area contributed by atoms with Gasteiger partial charge in [0.1, 0.15) is 0 Å². The zero-order valence-electron chi connectivity index (χ0n) is 23.3. The predicted octanol–water partition coefficient (Wildman–Crippen LogP) is 9.27. The number of hydrogen-bond acceptors (Lipinski definition) is 1. The number of nitrogens with one attached hydrogen (secondary N) is 2. The van der Waals surface area contributed by atoms with Crippen LogP contribution in [0, 0.1) is 23.7 Å². The third-order valence-corrected chi connectivity index (χ3v) is 7.35. The number of thiocarbonyl (C=S) groups is 1. The van der Waals surface area contributed by atoms with Gasteiger partial charge in [0.25, 0.3) is 0 Å². The molecule has 0 aliphatic heterocycles. The van der Waals surface area contributed by atoms with Crippen molar-refractivity contribution >= 4 is 17.3 Å². The fraction of sp³-hybridized carbons (Fsp3) is 0.966. The Morgan fingerprint density at radius 3 is 1.25 bits per heavy atom. The molecule has 0 aromatic heterocycles. The SMILES string of the molecule is CCCC[C@H](CC)CC[C@@H](CC(C)C)NC(=S)N[C@@H](CC[C@@H](CC)CCCC)CC(C)C. The molecule has 32 heavy (non-hydrogen) atoms. The Balaban J connectivity index is 4.82. The Hall–Kier alpha value is -0.310. The van der Waals surface area contributed by atoms with E-state index in [4.69, 9.17) is 12.2 Å². The highest BCUT2D eigenvalue weighted by molar-refractivity contribution is 7.80. The van der Waals surface area contributed by atoms with Gasteiger partial charge in [0.05, 0.1) is 0 Å². The van der Waals surface area contributed by atoms with Crippen molar-refractivity contribution in [1.82, 2.24) is 10.6 Å². The van der Waals surface area contributed by atoms with Gasteiger partial charge in [0.2, 0.25) is 0 Å². The van der Waals surface area contributed by atoms with Gasteiger partial charge in [-0.2, -0.15) is 0 Å². The van der Waals surface area contributed by atoms with Gasteiger partial charge in [0.15, 0.2) is 5.11 Å². The Bertz CT molecular complexity index is 397. The van der Waals surface area contributed by atoms with Gasteiger partial charge >= 0.3 is 0 Å². The molecule has 0 amide bonds. The zero-order chi connectivity index (χ0) is 24.4. The zero-order valence-corrected chi connectivity index (χ0v) is 24.1. The summed E-state index contributed by atoms with van der Waals surface area (Å²) >= 11 is 5.85. The van der Waals surface area contributed by atoms with Crippen molar-refractivity contribution in [3.63, 3.8) is 0 Å². The van der Waals surface area contributed by atoms with E-state index < -0.39 is 0 Å². The predicted molar refractivity (Wildman–Crippen MR) is 150 cm³/mol. The average Bonchev–Trinajstić information content (AvgIpc) is 2.72. The van der Waals surface area contributed by atoms with E-state index in [0.29, 0.717) is 23.9 Å². The Labute approximate surface area is 208 Å². The van der Waals surface area contributed by atoms with Crippen LogP contribution < -0.4 is 10.6 Å². The van der Waals surface area contributed by atoms with Gasteiger partial charge in [-0.15, -0.1) is 0 Å². The molecular formula is C29H60N2S. The molecule has 0 radical (unpaired) electrons. The van der Waals surface area contributed by atoms with Crippen molar-refractivity contribution < 1.29 is 0 Å². The van der Waals surface area contributed by atoms with E-state index in [1.165, 1.54) is 89.9 Å². The summed E-state index contributed by atoms with van der Waals surface area (Å²) in [5, 5.41) is 8.38. The van der Waals surface area contributed by atoms with Gasteiger partial charge in [-0.3, -0.25) is 0 Å². The number of rotatable bonds is 20. The maximum absolute atomic E-state index is 5.85. The van der Waals surface area contributed by atoms with Gasteiger partial charge in [-0.25, -0.2) is 0 Å². The second kappa shape index (κ2) is 20.1. The van der Waals surface area contributed by atoms with E-state index in [-0.39, 0.29) is 0 Å². The summed E-state index contributed by atoms with van der Waals surface area (Å²) in [5.41, 5.74) is 0. The van der Waals surface area contributed by atoms with Gasteiger partial charge < -0.3 is 10.6 Å². The monoisotopic (exact) mass is 468 g/mol. The molecule has 2 N–H and O–H groups in total. The van der Waals surface area contributed by atoms with E-state index in [1.807, 2.05) is 0 Å². The quantitative estimate of drug-likeness (QED) is 0.174. The van der Waals surface area contributed by atoms with Crippen molar-refractivity contribution in [2.75, 3.05) is 0 Å². The summed E-state index contributed by atoms with van der Waals surface area (Å²) in [7, 11) is 0. The molecule has 0 aliphatic rings. The molecule has 192 valence electrons. The van der Waals surface area contributed by atoms with Gasteiger partial charge in [-0.05, 0) is 74.4 Å². The maximum atomic E-state index is 5.85. The second-order valence-electron chi connectivity index (χ2n) is 11.3. The smallest absolute Gasteiger partial charge is 0.166 e. The molecule has 0 spiro atoms. The summed E-state index contributed by atoms with van der Waals surface area (Å²) in [5.74, 6) is 3.13. The average molecular weight is 469 g/mol. The number of unbranched alkanes of at least 4 members (excludes halogenated alkanes) is 2. The van der Waals surface area contributed by atoms with Crippen LogP contribution in [0.15, 0.2) is 0 Å². The van der Waals surface area contributed by atoms with Crippen LogP contribution in [0.1, 0.15) is 145 Å². The molecule has 0 rings (SSSR count). The van der Waals surface area contributed by atoms with Crippen molar-refractivity contribution in [2.45, 2.75) is 157 Å². The fourth-order valence-corrected chi connectivity index (χ4v) is 5.35. The Kier molecular flexibility index (Phi) is 19.9. The lowest BCUT2D eigenvalue weighted by atomic mass is 9.90. The summed E-state index contributed by atoms with van der Waals surface area (Å²) < 4.78 is 0. The largest absolute Gasteiger partial charge is 0.360 e. The van der Waals surface area contributed by atoms with Crippen LogP contribution in [-0.4, -0.2) is 17.2 Å². The minimum absolute atomic E-state index is 0.498. The van der Waals surface area contributed by atoms with Crippen molar-refractivity contribution in [3.05, 3.63) is 0 Å². The topological polar surface area (TPSA) is 24.1 Å². The van der Waals surface area contributed by atoms with Crippen LogP contribution in [0.5, 0.6) is 0 Å². The Morgan fingerprint density at radius 1 is 0.594 bits per heavy atom. The third kappa shape index (κ3) is 17.2. The van der Waals surface area contributed by atoms with Crippen LogP contribution in [0.2, 0.25) is 0 Å². The molecule has 4 atom stereocenters. The molecule has 0 bridgehead atoms. The van der Waals surface area contributed by atoms with Crippen LogP contribution >= 0.6 is 12.2 Å². The maximum Gasteiger partial charge on any atom is 0.166 e. The summed E-state index contributed by atoms with van der Waals surface area (Å²) in [6.45, 7) is 18.7. The van der Waals surface area contributed by atoms with Crippen molar-refractivity contribution in [3.8, 4) is 0 Å². The molecule has 0 heterocycles. The molecule has 0 unspecified atom stereocenters. The van der Waals surface area contributed by atoms with Crippen LogP contribution in [0.25, 0.3) is 0 Å². The molecule has 0 aliphatic carbocycles. The lowest BCUT2D eigenvalue weighted by Gasteiger charge is -2.28. The molecular weight excluding hydrogens is 408 g/mol. The first-order chi connectivity index (χ1) is 15.2. The molecule has 3 heteroatoms. The van der Waals surface area contributed by atoms with E-state index >= 15 is 0 Å². The normalized spacial score (nSPS) is 15.6. The summed E-state index contributed by atoms with van der Waals surface area (Å²) in [6.07, 6.45) is 18.3. The summed E-state index contributed by atoms with van der Waals surface area (Å²) in [6, 6.07) is 0.997. The second-order valence-corrected chi connectivity index (χ2v) is 11.7. The van der Waals surface area contributed by atoms with E-state index in [1.54, 1.807) is 0 Å². The van der Waals surface area contributed by atoms with Gasteiger partial charge in [0, 0.05) is 12.1 Å². The fourth-order valence-electron chi connectivity index (χ4n) is 5.01. The number of hydrogen-bond donors (Lipinski definition) is 2. The first-order valence-corrected chi connectivity index (χ1v) is 14.7. The van der Waals surface area contributed by atoms with E-state index in [2.05, 4.69) is 66.0 Å². The minimum Gasteiger partial charge on any atom is -0.360 e. The van der Waals surface area contributed by atoms with E-state index in [0.717, 1.165) is 16.9 Å². The lowest BCUT2D eigenvalue weighted by Crippen LogP contribution is -2.47. The highest BCUT2D eigenvalue weighted by atomic mass is 32.1. The van der Waals surface area contributed by atoms with E-state index in [9.17, 15) is 0 Å². The van der Waals surface area contributed by atoms with Gasteiger partial charge in [-0.1, -0.05) is 107 Å². The summed E-state index contributed by atoms with van der Waals surface area (Å²) in [4.78, 5) is 0. The standard InChI is InChI=1S/C29H60N2S/c1-9-13-15-25(11-3)17-19-27(21-23(5)6)30-29(32)31-28(22-24(7)8)20-18-26(12-4)16-14-10-2/h23-28H,9-22H2,1-8H3,(H2,30,31,32)/t25-,26-,27-,28-/m0/s1. The molecule has 0 saturated carbocycles. The third-order valence-electron chi connectivity index (χ3n) is 7.12. The highest BCUT2D eigenvalue weighted by Gasteiger charge is 2.19. The van der Waals surface area contributed by atoms with Crippen molar-refractivity contribution in [1.29, 1.82) is 0 Å².